The van der Waals surface area contributed by atoms with Crippen molar-refractivity contribution in [2.45, 2.75) is 242 Å². The number of unbranched alkanes of at least 4 members (excludes halogenated alkanes) is 2. The van der Waals surface area contributed by atoms with Crippen molar-refractivity contribution in [1.82, 2.24) is 0 Å². The van der Waals surface area contributed by atoms with Crippen molar-refractivity contribution in [2.75, 3.05) is 39.6 Å². The fourth-order valence-corrected chi connectivity index (χ4v) is 12.4. The van der Waals surface area contributed by atoms with Gasteiger partial charge in [0.15, 0.2) is 0 Å². The number of allylic oxidation sites excluding steroid dienone is 1. The largest absolute Gasteiger partial charge is 0.493 e. The lowest BCUT2D eigenvalue weighted by Gasteiger charge is -2.55. The highest BCUT2D eigenvalue weighted by Gasteiger charge is 2.51. The van der Waals surface area contributed by atoms with Gasteiger partial charge in [0, 0.05) is 25.0 Å². The average molecular weight is 1030 g/mol. The van der Waals surface area contributed by atoms with Gasteiger partial charge in [-0.15, -0.1) is 6.58 Å². The number of para-hydroxylation sites is 2. The number of aliphatic hydroxyl groups is 2. The third-order valence-corrected chi connectivity index (χ3v) is 18.8. The molecule has 0 saturated heterocycles. The summed E-state index contributed by atoms with van der Waals surface area (Å²) in [5, 5.41) is 22.0. The summed E-state index contributed by atoms with van der Waals surface area (Å²) in [4.78, 5) is 0. The molecule has 4 rings (SSSR count). The molecule has 2 saturated carbocycles. The lowest BCUT2D eigenvalue weighted by atomic mass is 9.51. The van der Waals surface area contributed by atoms with E-state index in [0.29, 0.717) is 43.7 Å². The van der Waals surface area contributed by atoms with Crippen LogP contribution < -0.4 is 9.47 Å². The lowest BCUT2D eigenvalue weighted by molar-refractivity contribution is -0.139. The Morgan fingerprint density at radius 1 is 0.541 bits per heavy atom. The van der Waals surface area contributed by atoms with Crippen molar-refractivity contribution >= 4 is 0 Å². The number of rotatable bonds is 34. The van der Waals surface area contributed by atoms with E-state index in [1.54, 1.807) is 0 Å². The van der Waals surface area contributed by atoms with Gasteiger partial charge in [-0.05, 0) is 217 Å². The van der Waals surface area contributed by atoms with Gasteiger partial charge in [-0.1, -0.05) is 96.9 Å². The Morgan fingerprint density at radius 3 is 1.31 bits per heavy atom. The van der Waals surface area contributed by atoms with Crippen LogP contribution in [0, 0.1) is 51.2 Å². The monoisotopic (exact) mass is 1030 g/mol. The standard InChI is InChI=1S/C66H112O8/c1-20-50-41-65(18,48-59(6,7)71-39-29-27-36-57(2,3)63(14,15)73-46-52(61(10,11)67)44-69-54-31-23-21-24-32-54)38-35-56(50)51-42-66(19,43-51)49-60(8,9)72-40-30-28-37-58(4,5)64(16,17)74-47-53(62(12,13)68)45-70-55-33-25-22-26-34-55/h20-26,31-34,50-53,56,67-68H,1,27-30,35-49H2,2-19H3. The minimum atomic E-state index is -0.931. The summed E-state index contributed by atoms with van der Waals surface area (Å²) in [5.74, 6) is 3.28. The molecule has 74 heavy (non-hydrogen) atoms. The molecule has 0 heterocycles. The van der Waals surface area contributed by atoms with Crippen LogP contribution in [0.5, 0.6) is 11.5 Å². The molecule has 2 aliphatic carbocycles. The molecule has 5 atom stereocenters. The van der Waals surface area contributed by atoms with Crippen LogP contribution >= 0.6 is 0 Å². The first-order valence-corrected chi connectivity index (χ1v) is 29.0. The third kappa shape index (κ3) is 19.8. The van der Waals surface area contributed by atoms with E-state index >= 15 is 0 Å². The molecule has 0 radical (unpaired) electrons. The topological polar surface area (TPSA) is 95.8 Å². The summed E-state index contributed by atoms with van der Waals surface area (Å²) in [6.07, 6.45) is 16.9. The molecule has 2 aliphatic rings. The van der Waals surface area contributed by atoms with Crippen LogP contribution in [0.4, 0.5) is 0 Å². The number of ether oxygens (including phenoxy) is 6. The molecule has 2 aromatic carbocycles. The summed E-state index contributed by atoms with van der Waals surface area (Å²) in [7, 11) is 0. The van der Waals surface area contributed by atoms with Gasteiger partial charge >= 0.3 is 0 Å². The average Bonchev–Trinajstić information content (AvgIpc) is 3.26. The molecule has 8 nitrogen and oxygen atoms in total. The molecule has 8 heteroatoms. The van der Waals surface area contributed by atoms with Gasteiger partial charge in [-0.25, -0.2) is 0 Å². The maximum absolute atomic E-state index is 11.0. The van der Waals surface area contributed by atoms with Crippen LogP contribution in [0.1, 0.15) is 208 Å². The molecular formula is C66H112O8. The van der Waals surface area contributed by atoms with E-state index in [-0.39, 0.29) is 50.5 Å². The highest BCUT2D eigenvalue weighted by Crippen LogP contribution is 2.59. The lowest BCUT2D eigenvalue weighted by Crippen LogP contribution is -2.47. The van der Waals surface area contributed by atoms with Crippen LogP contribution in [0.25, 0.3) is 0 Å². The Balaban J connectivity index is 1.14. The molecule has 2 fully saturated rings. The van der Waals surface area contributed by atoms with Crippen LogP contribution in [0.3, 0.4) is 0 Å². The van der Waals surface area contributed by atoms with Crippen molar-refractivity contribution in [3.8, 4) is 11.5 Å². The zero-order chi connectivity index (χ0) is 55.5. The SMILES string of the molecule is C=CC1CC(C)(CC(C)(C)OCCCCC(C)(C)C(C)(C)OCC(COc2ccccc2)C(C)(C)O)CCC1C1CC(C)(CC(C)(C)OCCCCC(C)(C)C(C)(C)OCC(COc2ccccc2)C(C)(C)O)C1. The van der Waals surface area contributed by atoms with Crippen LogP contribution in [-0.4, -0.2) is 83.5 Å². The number of hydrogen-bond donors (Lipinski definition) is 2. The van der Waals surface area contributed by atoms with E-state index in [9.17, 15) is 10.2 Å². The second-order valence-electron chi connectivity index (χ2n) is 28.9. The minimum absolute atomic E-state index is 0.0645. The fraction of sp³-hybridized carbons (Fsp3) is 0.788. The van der Waals surface area contributed by atoms with Crippen molar-refractivity contribution < 1.29 is 38.6 Å². The van der Waals surface area contributed by atoms with Crippen LogP contribution in [0.15, 0.2) is 73.3 Å². The van der Waals surface area contributed by atoms with Crippen LogP contribution in [-0.2, 0) is 18.9 Å². The van der Waals surface area contributed by atoms with E-state index in [1.807, 2.05) is 88.4 Å². The molecule has 5 unspecified atom stereocenters. The maximum Gasteiger partial charge on any atom is 0.119 e. The number of hydrogen-bond acceptors (Lipinski definition) is 8. The van der Waals surface area contributed by atoms with E-state index in [2.05, 4.69) is 110 Å². The van der Waals surface area contributed by atoms with E-state index in [1.165, 1.54) is 32.1 Å². The predicted molar refractivity (Wildman–Crippen MR) is 308 cm³/mol. The fourth-order valence-electron chi connectivity index (χ4n) is 12.4. The molecule has 0 amide bonds. The van der Waals surface area contributed by atoms with Gasteiger partial charge in [0.1, 0.15) is 11.5 Å². The van der Waals surface area contributed by atoms with Crippen molar-refractivity contribution in [2.24, 2.45) is 51.2 Å². The quantitative estimate of drug-likeness (QED) is 0.0529. The third-order valence-electron chi connectivity index (χ3n) is 18.8. The van der Waals surface area contributed by atoms with E-state index in [4.69, 9.17) is 28.4 Å². The summed E-state index contributed by atoms with van der Waals surface area (Å²) in [5.41, 5.74) is -2.58. The molecular weight excluding hydrogens is 921 g/mol. The molecule has 0 aliphatic heterocycles. The zero-order valence-corrected chi connectivity index (χ0v) is 50.7. The Bertz CT molecular complexity index is 1930. The normalized spacial score (nSPS) is 23.5. The van der Waals surface area contributed by atoms with Gasteiger partial charge in [-0.2, -0.15) is 0 Å². The molecule has 2 aromatic rings. The first-order valence-electron chi connectivity index (χ1n) is 29.0. The smallest absolute Gasteiger partial charge is 0.119 e. The van der Waals surface area contributed by atoms with Gasteiger partial charge in [-0.3, -0.25) is 0 Å². The Morgan fingerprint density at radius 2 is 0.932 bits per heavy atom. The minimum Gasteiger partial charge on any atom is -0.493 e. The van der Waals surface area contributed by atoms with E-state index < -0.39 is 11.2 Å². The predicted octanol–water partition coefficient (Wildman–Crippen LogP) is 16.3. The second kappa shape index (κ2) is 26.0. The van der Waals surface area contributed by atoms with Gasteiger partial charge in [0.2, 0.25) is 0 Å². The van der Waals surface area contributed by atoms with Gasteiger partial charge in [0.25, 0.3) is 0 Å². The first-order chi connectivity index (χ1) is 34.0. The summed E-state index contributed by atoms with van der Waals surface area (Å²) < 4.78 is 38.7. The van der Waals surface area contributed by atoms with E-state index in [0.717, 1.165) is 82.0 Å². The second-order valence-corrected chi connectivity index (χ2v) is 28.9. The summed E-state index contributed by atoms with van der Waals surface area (Å²) in [6, 6.07) is 19.6. The Kier molecular flexibility index (Phi) is 22.5. The Labute approximate surface area is 454 Å². The van der Waals surface area contributed by atoms with Gasteiger partial charge < -0.3 is 38.6 Å². The molecule has 424 valence electrons. The van der Waals surface area contributed by atoms with Crippen molar-refractivity contribution in [1.29, 1.82) is 0 Å². The molecule has 2 N–H and O–H groups in total. The summed E-state index contributed by atoms with van der Waals surface area (Å²) in [6.45, 7) is 47.1. The highest BCUT2D eigenvalue weighted by atomic mass is 16.5. The molecule has 0 spiro atoms. The molecule has 0 aromatic heterocycles. The Hall–Kier alpha value is -2.46. The maximum atomic E-state index is 11.0. The molecule has 0 bridgehead atoms. The zero-order valence-electron chi connectivity index (χ0n) is 50.7. The first kappa shape index (κ1) is 64.1. The van der Waals surface area contributed by atoms with Crippen molar-refractivity contribution in [3.63, 3.8) is 0 Å². The van der Waals surface area contributed by atoms with Gasteiger partial charge in [0.05, 0.1) is 60.0 Å². The highest BCUT2D eigenvalue weighted by molar-refractivity contribution is 5.22. The number of benzene rings is 2. The van der Waals surface area contributed by atoms with Crippen LogP contribution in [0.2, 0.25) is 0 Å². The summed E-state index contributed by atoms with van der Waals surface area (Å²) >= 11 is 0. The van der Waals surface area contributed by atoms with Crippen molar-refractivity contribution in [3.05, 3.63) is 73.3 Å².